The predicted molar refractivity (Wildman–Crippen MR) is 72.4 cm³/mol. The van der Waals surface area contributed by atoms with E-state index in [4.69, 9.17) is 5.73 Å². The number of H-pyrrole nitrogens is 1. The van der Waals surface area contributed by atoms with Crippen molar-refractivity contribution in [2.45, 2.75) is 19.4 Å². The molecule has 0 aliphatic heterocycles. The van der Waals surface area contributed by atoms with Gasteiger partial charge in [0.2, 0.25) is 5.91 Å². The number of aromatic amines is 1. The molecule has 2 aromatic rings. The Labute approximate surface area is 106 Å². The Bertz CT molecular complexity index is 507. The normalized spacial score (nSPS) is 11.9. The second-order valence-corrected chi connectivity index (χ2v) is 3.97. The molecule has 17 heavy (non-hydrogen) atoms. The fourth-order valence-electron chi connectivity index (χ4n) is 1.69. The molecule has 0 radical (unpaired) electrons. The first kappa shape index (κ1) is 13.5. The van der Waals surface area contributed by atoms with Gasteiger partial charge in [0.1, 0.15) is 0 Å². The second-order valence-electron chi connectivity index (χ2n) is 3.97. The molecule has 1 atom stereocenters. The van der Waals surface area contributed by atoms with Crippen LogP contribution in [0.3, 0.4) is 0 Å². The molecule has 5 heteroatoms. The lowest BCUT2D eigenvalue weighted by atomic mass is 10.2. The maximum atomic E-state index is 11.6. The Balaban J connectivity index is 0.00000144. The highest BCUT2D eigenvalue weighted by Crippen LogP contribution is 2.22. The first-order valence-electron chi connectivity index (χ1n) is 5.28. The van der Waals surface area contributed by atoms with Gasteiger partial charge in [-0.05, 0) is 25.1 Å². The van der Waals surface area contributed by atoms with Gasteiger partial charge in [-0.1, -0.05) is 6.07 Å². The summed E-state index contributed by atoms with van der Waals surface area (Å²) in [6.07, 6.45) is 2.19. The molecule has 0 aliphatic carbocycles. The average Bonchev–Trinajstić information content (AvgIpc) is 2.65. The number of halogens is 1. The van der Waals surface area contributed by atoms with Crippen LogP contribution in [0, 0.1) is 0 Å². The van der Waals surface area contributed by atoms with Crippen molar-refractivity contribution in [2.24, 2.45) is 5.73 Å². The van der Waals surface area contributed by atoms with Crippen molar-refractivity contribution in [1.29, 1.82) is 0 Å². The summed E-state index contributed by atoms with van der Waals surface area (Å²) < 4.78 is 0. The topological polar surface area (TPSA) is 70.9 Å². The summed E-state index contributed by atoms with van der Waals surface area (Å²) in [5.41, 5.74) is 7.41. The van der Waals surface area contributed by atoms with Gasteiger partial charge in [-0.25, -0.2) is 0 Å². The Hall–Kier alpha value is -1.52. The zero-order valence-corrected chi connectivity index (χ0v) is 10.4. The number of anilines is 1. The molecule has 4 nitrogen and oxygen atoms in total. The van der Waals surface area contributed by atoms with Crippen LogP contribution in [0.25, 0.3) is 10.9 Å². The van der Waals surface area contributed by atoms with Gasteiger partial charge in [-0.2, -0.15) is 0 Å². The minimum atomic E-state index is -0.120. The van der Waals surface area contributed by atoms with Crippen molar-refractivity contribution < 1.29 is 4.79 Å². The molecular formula is C12H16ClN3O. The van der Waals surface area contributed by atoms with Crippen LogP contribution >= 0.6 is 12.4 Å². The highest BCUT2D eigenvalue weighted by Gasteiger charge is 2.07. The number of nitrogens with two attached hydrogens (primary N) is 1. The van der Waals surface area contributed by atoms with E-state index in [1.165, 1.54) is 0 Å². The number of carbonyl (C=O) groups excluding carboxylic acids is 1. The summed E-state index contributed by atoms with van der Waals surface area (Å²) in [5, 5.41) is 3.88. The van der Waals surface area contributed by atoms with E-state index in [-0.39, 0.29) is 24.4 Å². The summed E-state index contributed by atoms with van der Waals surface area (Å²) in [7, 11) is 0. The molecule has 1 aromatic heterocycles. The molecule has 1 heterocycles. The maximum absolute atomic E-state index is 11.6. The fourth-order valence-corrected chi connectivity index (χ4v) is 1.69. The molecule has 1 aromatic carbocycles. The van der Waals surface area contributed by atoms with Crippen molar-refractivity contribution >= 4 is 34.9 Å². The zero-order chi connectivity index (χ0) is 11.5. The van der Waals surface area contributed by atoms with Gasteiger partial charge >= 0.3 is 0 Å². The summed E-state index contributed by atoms with van der Waals surface area (Å²) >= 11 is 0. The van der Waals surface area contributed by atoms with E-state index >= 15 is 0 Å². The Kier molecular flexibility index (Phi) is 4.54. The van der Waals surface area contributed by atoms with Crippen LogP contribution in [-0.4, -0.2) is 16.9 Å². The third-order valence-electron chi connectivity index (χ3n) is 2.38. The van der Waals surface area contributed by atoms with Gasteiger partial charge in [-0.15, -0.1) is 12.4 Å². The predicted octanol–water partition coefficient (Wildman–Crippen LogP) is 2.27. The molecule has 1 unspecified atom stereocenters. The minimum Gasteiger partial charge on any atom is -0.361 e. The van der Waals surface area contributed by atoms with Crippen molar-refractivity contribution in [3.8, 4) is 0 Å². The van der Waals surface area contributed by atoms with Crippen molar-refractivity contribution in [1.82, 2.24) is 4.98 Å². The van der Waals surface area contributed by atoms with E-state index < -0.39 is 0 Å². The van der Waals surface area contributed by atoms with Crippen molar-refractivity contribution in [3.05, 3.63) is 30.5 Å². The molecule has 0 fully saturated rings. The van der Waals surface area contributed by atoms with Gasteiger partial charge in [0.05, 0.1) is 5.69 Å². The highest BCUT2D eigenvalue weighted by atomic mass is 35.5. The van der Waals surface area contributed by atoms with Crippen LogP contribution in [-0.2, 0) is 4.79 Å². The average molecular weight is 254 g/mol. The van der Waals surface area contributed by atoms with Crippen LogP contribution in [0.2, 0.25) is 0 Å². The monoisotopic (exact) mass is 253 g/mol. The summed E-state index contributed by atoms with van der Waals surface area (Å²) in [4.78, 5) is 14.7. The van der Waals surface area contributed by atoms with Crippen LogP contribution in [0.15, 0.2) is 30.5 Å². The lowest BCUT2D eigenvalue weighted by molar-refractivity contribution is -0.116. The lowest BCUT2D eigenvalue weighted by Gasteiger charge is -2.08. The smallest absolute Gasteiger partial charge is 0.225 e. The standard InChI is InChI=1S/C12H15N3O.ClH/c1-8(13)7-12(16)15-11-4-2-3-10-9(11)5-6-14-10;/h2-6,8,14H,7,13H2,1H3,(H,15,16);1H. The lowest BCUT2D eigenvalue weighted by Crippen LogP contribution is -2.24. The molecule has 0 bridgehead atoms. The quantitative estimate of drug-likeness (QED) is 0.785. The van der Waals surface area contributed by atoms with E-state index in [9.17, 15) is 4.79 Å². The molecular weight excluding hydrogens is 238 g/mol. The number of nitrogens with one attached hydrogen (secondary N) is 2. The Morgan fingerprint density at radius 3 is 2.94 bits per heavy atom. The third kappa shape index (κ3) is 3.22. The molecule has 0 spiro atoms. The van der Waals surface area contributed by atoms with Crippen LogP contribution < -0.4 is 11.1 Å². The summed E-state index contributed by atoms with van der Waals surface area (Å²) in [6, 6.07) is 7.58. The SMILES string of the molecule is CC(N)CC(=O)Nc1cccc2[nH]ccc12.Cl. The van der Waals surface area contributed by atoms with E-state index in [0.29, 0.717) is 6.42 Å². The molecule has 0 saturated heterocycles. The van der Waals surface area contributed by atoms with Gasteiger partial charge in [-0.3, -0.25) is 4.79 Å². The molecule has 4 N–H and O–H groups in total. The number of benzene rings is 1. The highest BCUT2D eigenvalue weighted by molar-refractivity contribution is 6.01. The van der Waals surface area contributed by atoms with Crippen LogP contribution in [0.1, 0.15) is 13.3 Å². The number of fused-ring (bicyclic) bond motifs is 1. The number of carbonyl (C=O) groups is 1. The largest absolute Gasteiger partial charge is 0.361 e. The second kappa shape index (κ2) is 5.70. The third-order valence-corrected chi connectivity index (χ3v) is 2.38. The minimum absolute atomic E-state index is 0. The van der Waals surface area contributed by atoms with E-state index in [1.54, 1.807) is 0 Å². The van der Waals surface area contributed by atoms with Gasteiger partial charge < -0.3 is 16.0 Å². The number of hydrogen-bond donors (Lipinski definition) is 3. The molecule has 0 aliphatic rings. The molecule has 2 rings (SSSR count). The number of amides is 1. The van der Waals surface area contributed by atoms with Gasteiger partial charge in [0, 0.05) is 29.6 Å². The Morgan fingerprint density at radius 1 is 1.47 bits per heavy atom. The van der Waals surface area contributed by atoms with E-state index in [0.717, 1.165) is 16.6 Å². The van der Waals surface area contributed by atoms with Crippen molar-refractivity contribution in [3.63, 3.8) is 0 Å². The number of rotatable bonds is 3. The van der Waals surface area contributed by atoms with Crippen molar-refractivity contribution in [2.75, 3.05) is 5.32 Å². The first-order chi connectivity index (χ1) is 7.66. The van der Waals surface area contributed by atoms with E-state index in [2.05, 4.69) is 10.3 Å². The molecule has 92 valence electrons. The van der Waals surface area contributed by atoms with Crippen LogP contribution in [0.4, 0.5) is 5.69 Å². The summed E-state index contributed by atoms with van der Waals surface area (Å²) in [5.74, 6) is -0.0521. The fraction of sp³-hybridized carbons (Fsp3) is 0.250. The van der Waals surface area contributed by atoms with E-state index in [1.807, 2.05) is 37.4 Å². The maximum Gasteiger partial charge on any atom is 0.225 e. The van der Waals surface area contributed by atoms with Gasteiger partial charge in [0.15, 0.2) is 0 Å². The zero-order valence-electron chi connectivity index (χ0n) is 9.57. The Morgan fingerprint density at radius 2 is 2.24 bits per heavy atom. The van der Waals surface area contributed by atoms with Gasteiger partial charge in [0.25, 0.3) is 0 Å². The number of hydrogen-bond acceptors (Lipinski definition) is 2. The molecule has 1 amide bonds. The first-order valence-corrected chi connectivity index (χ1v) is 5.28. The summed E-state index contributed by atoms with van der Waals surface area (Å²) in [6.45, 7) is 1.82. The van der Waals surface area contributed by atoms with Crippen LogP contribution in [0.5, 0.6) is 0 Å². The number of aromatic nitrogens is 1. The molecule has 0 saturated carbocycles.